The summed E-state index contributed by atoms with van der Waals surface area (Å²) in [6.45, 7) is 5.03. The van der Waals surface area contributed by atoms with E-state index in [0.717, 1.165) is 22.4 Å². The molecule has 1 unspecified atom stereocenters. The van der Waals surface area contributed by atoms with Crippen LogP contribution in [0.4, 0.5) is 0 Å². The number of amides is 1. The van der Waals surface area contributed by atoms with Crippen molar-refractivity contribution in [1.29, 1.82) is 0 Å². The minimum atomic E-state index is -1.28. The lowest BCUT2D eigenvalue weighted by Crippen LogP contribution is -2.32. The summed E-state index contributed by atoms with van der Waals surface area (Å²) >= 11 is 0. The fourth-order valence-electron chi connectivity index (χ4n) is 1.71. The zero-order chi connectivity index (χ0) is 14.4. The second kappa shape index (κ2) is 7.40. The maximum atomic E-state index is 12.2. The third kappa shape index (κ3) is 4.76. The Balaban J connectivity index is 2.69. The first-order valence-electron chi connectivity index (χ1n) is 6.35. The number of carbonyl (C=O) groups is 1. The molecule has 1 rings (SSSR count). The summed E-state index contributed by atoms with van der Waals surface area (Å²) in [7, 11) is 0.437. The van der Waals surface area contributed by atoms with Gasteiger partial charge in [-0.25, -0.2) is 0 Å². The molecule has 1 aromatic carbocycles. The summed E-state index contributed by atoms with van der Waals surface area (Å²) in [5.74, 6) is -0.0709. The Labute approximate surface area is 117 Å². The summed E-state index contributed by atoms with van der Waals surface area (Å²) in [5.41, 5.74) is 7.42. The quantitative estimate of drug-likeness (QED) is 0.853. The van der Waals surface area contributed by atoms with Crippen LogP contribution in [0.5, 0.6) is 0 Å². The fraction of sp³-hybridized carbons (Fsp3) is 0.500. The van der Waals surface area contributed by atoms with Crippen LogP contribution in [-0.2, 0) is 15.6 Å². The molecule has 0 aliphatic carbocycles. The van der Waals surface area contributed by atoms with E-state index in [9.17, 15) is 9.00 Å². The molecule has 0 saturated heterocycles. The van der Waals surface area contributed by atoms with E-state index >= 15 is 0 Å². The fourth-order valence-corrected chi connectivity index (χ4v) is 3.05. The molecule has 5 heteroatoms. The molecule has 0 heterocycles. The molecular formula is C14H22N2O2S. The average molecular weight is 282 g/mol. The van der Waals surface area contributed by atoms with Crippen LogP contribution in [0, 0.1) is 13.8 Å². The van der Waals surface area contributed by atoms with Gasteiger partial charge in [0, 0.05) is 18.5 Å². The first kappa shape index (κ1) is 15.9. The normalized spacial score (nSPS) is 12.2. The molecule has 4 nitrogen and oxygen atoms in total. The number of nitrogens with two attached hydrogens (primary N) is 1. The van der Waals surface area contributed by atoms with E-state index in [1.165, 1.54) is 0 Å². The molecule has 2 N–H and O–H groups in total. The van der Waals surface area contributed by atoms with E-state index < -0.39 is 10.8 Å². The van der Waals surface area contributed by atoms with Gasteiger partial charge < -0.3 is 10.6 Å². The molecule has 0 aromatic heterocycles. The van der Waals surface area contributed by atoms with Gasteiger partial charge in [-0.2, -0.15) is 0 Å². The predicted octanol–water partition coefficient (Wildman–Crippen LogP) is 1.22. The van der Waals surface area contributed by atoms with Crippen molar-refractivity contribution in [2.24, 2.45) is 5.73 Å². The topological polar surface area (TPSA) is 63.4 Å². The Hall–Kier alpha value is -1.20. The zero-order valence-corrected chi connectivity index (χ0v) is 12.6. The number of aryl methyl sites for hydroxylation is 2. The third-order valence-electron chi connectivity index (χ3n) is 2.97. The van der Waals surface area contributed by atoms with Crippen LogP contribution < -0.4 is 5.73 Å². The summed E-state index contributed by atoms with van der Waals surface area (Å²) < 4.78 is 12.2. The monoisotopic (exact) mass is 282 g/mol. The van der Waals surface area contributed by atoms with Crippen LogP contribution in [-0.4, -0.2) is 40.9 Å². The van der Waals surface area contributed by atoms with Crippen molar-refractivity contribution in [2.45, 2.75) is 25.2 Å². The van der Waals surface area contributed by atoms with Crippen LogP contribution in [0.1, 0.15) is 17.5 Å². The van der Waals surface area contributed by atoms with E-state index in [-0.39, 0.29) is 11.7 Å². The summed E-state index contributed by atoms with van der Waals surface area (Å²) in [6.07, 6.45) is 0.762. The minimum Gasteiger partial charge on any atom is -0.345 e. The summed E-state index contributed by atoms with van der Waals surface area (Å²) in [5, 5.41) is 0. The van der Waals surface area contributed by atoms with Gasteiger partial charge in [-0.15, -0.1) is 0 Å². The maximum Gasteiger partial charge on any atom is 0.235 e. The van der Waals surface area contributed by atoms with Crippen molar-refractivity contribution in [2.75, 3.05) is 25.9 Å². The molecule has 0 spiro atoms. The highest BCUT2D eigenvalue weighted by Crippen LogP contribution is 2.15. The molecule has 0 fully saturated rings. The molecule has 0 radical (unpaired) electrons. The van der Waals surface area contributed by atoms with Crippen molar-refractivity contribution in [3.05, 3.63) is 29.3 Å². The van der Waals surface area contributed by atoms with Crippen molar-refractivity contribution < 1.29 is 9.00 Å². The highest BCUT2D eigenvalue weighted by molar-refractivity contribution is 7.85. The number of nitrogens with zero attached hydrogens (tertiary/aromatic N) is 1. The van der Waals surface area contributed by atoms with Crippen LogP contribution in [0.25, 0.3) is 0 Å². The number of hydrogen-bond donors (Lipinski definition) is 1. The lowest BCUT2D eigenvalue weighted by atomic mass is 10.2. The van der Waals surface area contributed by atoms with Gasteiger partial charge in [-0.05, 0) is 44.0 Å². The largest absolute Gasteiger partial charge is 0.345 e. The molecule has 1 aromatic rings. The molecular weight excluding hydrogens is 260 g/mol. The average Bonchev–Trinajstić information content (AvgIpc) is 2.38. The standard InChI is InChI=1S/C14H22N2O2S/c1-11-5-6-12(2)13(9-11)19(18)10-14(17)16(3)8-4-7-15/h5-6,9H,4,7-8,10,15H2,1-3H3. The maximum absolute atomic E-state index is 12.2. The summed E-state index contributed by atoms with van der Waals surface area (Å²) in [6, 6.07) is 5.80. The van der Waals surface area contributed by atoms with Crippen LogP contribution in [0.15, 0.2) is 23.1 Å². The number of hydrogen-bond acceptors (Lipinski definition) is 3. The van der Waals surface area contributed by atoms with E-state index in [2.05, 4.69) is 0 Å². The van der Waals surface area contributed by atoms with E-state index in [0.29, 0.717) is 13.1 Å². The molecule has 1 amide bonds. The molecule has 19 heavy (non-hydrogen) atoms. The van der Waals surface area contributed by atoms with Gasteiger partial charge >= 0.3 is 0 Å². The molecule has 0 aliphatic heterocycles. The zero-order valence-electron chi connectivity index (χ0n) is 11.8. The first-order valence-corrected chi connectivity index (χ1v) is 7.67. The predicted molar refractivity (Wildman–Crippen MR) is 78.5 cm³/mol. The Morgan fingerprint density at radius 3 is 2.68 bits per heavy atom. The highest BCUT2D eigenvalue weighted by Gasteiger charge is 2.15. The van der Waals surface area contributed by atoms with Gasteiger partial charge in [0.2, 0.25) is 5.91 Å². The molecule has 0 saturated carbocycles. The molecule has 0 aliphatic rings. The van der Waals surface area contributed by atoms with Gasteiger partial charge in [0.15, 0.2) is 0 Å². The van der Waals surface area contributed by atoms with Crippen molar-refractivity contribution in [1.82, 2.24) is 4.90 Å². The van der Waals surface area contributed by atoms with Crippen LogP contribution >= 0.6 is 0 Å². The van der Waals surface area contributed by atoms with E-state index in [1.54, 1.807) is 11.9 Å². The van der Waals surface area contributed by atoms with E-state index in [1.807, 2.05) is 32.0 Å². The van der Waals surface area contributed by atoms with Crippen LogP contribution in [0.2, 0.25) is 0 Å². The minimum absolute atomic E-state index is 0.0331. The smallest absolute Gasteiger partial charge is 0.235 e. The van der Waals surface area contributed by atoms with Crippen molar-refractivity contribution >= 4 is 16.7 Å². The Morgan fingerprint density at radius 2 is 2.05 bits per heavy atom. The summed E-state index contributed by atoms with van der Waals surface area (Å²) in [4.78, 5) is 14.3. The molecule has 0 bridgehead atoms. The highest BCUT2D eigenvalue weighted by atomic mass is 32.2. The first-order chi connectivity index (χ1) is 8.95. The van der Waals surface area contributed by atoms with Gasteiger partial charge in [0.25, 0.3) is 0 Å². The Bertz CT molecular complexity index is 475. The lowest BCUT2D eigenvalue weighted by molar-refractivity contribution is -0.127. The van der Waals surface area contributed by atoms with Crippen LogP contribution in [0.3, 0.4) is 0 Å². The Kier molecular flexibility index (Phi) is 6.18. The van der Waals surface area contributed by atoms with Gasteiger partial charge in [-0.1, -0.05) is 12.1 Å². The van der Waals surface area contributed by atoms with Gasteiger partial charge in [-0.3, -0.25) is 9.00 Å². The van der Waals surface area contributed by atoms with Crippen molar-refractivity contribution in [3.8, 4) is 0 Å². The third-order valence-corrected chi connectivity index (χ3v) is 4.41. The van der Waals surface area contributed by atoms with Gasteiger partial charge in [0.1, 0.15) is 5.75 Å². The number of carbonyl (C=O) groups excluding carboxylic acids is 1. The number of rotatable bonds is 6. The second-order valence-corrected chi connectivity index (χ2v) is 6.14. The second-order valence-electron chi connectivity index (χ2n) is 4.72. The van der Waals surface area contributed by atoms with Crippen molar-refractivity contribution in [3.63, 3.8) is 0 Å². The SMILES string of the molecule is Cc1ccc(C)c(S(=O)CC(=O)N(C)CCCN)c1. The molecule has 106 valence electrons. The lowest BCUT2D eigenvalue weighted by Gasteiger charge is -2.16. The number of benzene rings is 1. The van der Waals surface area contributed by atoms with Gasteiger partial charge in [0.05, 0.1) is 10.8 Å². The van der Waals surface area contributed by atoms with E-state index in [4.69, 9.17) is 5.73 Å². The Morgan fingerprint density at radius 1 is 1.37 bits per heavy atom. The molecule has 1 atom stereocenters.